The molecule has 0 spiro atoms. The predicted octanol–water partition coefficient (Wildman–Crippen LogP) is 2.81. The number of carbonyl (C=O) groups excluding carboxylic acids is 1. The molecule has 1 amide bonds. The molecule has 0 aromatic heterocycles. The smallest absolute Gasteiger partial charge is 0.255 e. The molecule has 1 aliphatic heterocycles. The molecule has 21 heavy (non-hydrogen) atoms. The molecule has 0 unspecified atom stereocenters. The van der Waals surface area contributed by atoms with E-state index >= 15 is 0 Å². The summed E-state index contributed by atoms with van der Waals surface area (Å²) in [6, 6.07) is 5.06. The third kappa shape index (κ3) is 4.61. The van der Waals surface area contributed by atoms with Gasteiger partial charge in [0.25, 0.3) is 5.91 Å². The number of halogens is 1. The van der Waals surface area contributed by atoms with Gasteiger partial charge in [-0.25, -0.2) is 0 Å². The van der Waals surface area contributed by atoms with Gasteiger partial charge in [0.05, 0.1) is 12.7 Å². The van der Waals surface area contributed by atoms with Gasteiger partial charge in [-0.2, -0.15) is 0 Å². The zero-order chi connectivity index (χ0) is 15.2. The summed E-state index contributed by atoms with van der Waals surface area (Å²) in [5.74, 6) is 1.08. The molecule has 0 aliphatic carbocycles. The Kier molecular flexibility index (Phi) is 5.88. The van der Waals surface area contributed by atoms with Gasteiger partial charge >= 0.3 is 0 Å². The van der Waals surface area contributed by atoms with E-state index in [4.69, 9.17) is 16.3 Å². The van der Waals surface area contributed by atoms with Crippen LogP contribution in [0.4, 0.5) is 0 Å². The number of methoxy groups -OCH3 is 1. The minimum Gasteiger partial charge on any atom is -0.496 e. The van der Waals surface area contributed by atoms with Crippen LogP contribution in [0.15, 0.2) is 18.2 Å². The Morgan fingerprint density at radius 2 is 2.33 bits per heavy atom. The molecule has 1 fully saturated rings. The Bertz CT molecular complexity index is 493. The van der Waals surface area contributed by atoms with Gasteiger partial charge < -0.3 is 15.0 Å². The van der Waals surface area contributed by atoms with Crippen LogP contribution in [0.25, 0.3) is 0 Å². The number of amides is 1. The molecule has 1 aliphatic rings. The average Bonchev–Trinajstić information content (AvgIpc) is 2.47. The van der Waals surface area contributed by atoms with Crippen molar-refractivity contribution < 1.29 is 9.53 Å². The number of likely N-dealkylation sites (tertiary alicyclic amines) is 1. The number of carbonyl (C=O) groups is 1. The first-order chi connectivity index (χ1) is 10.1. The van der Waals surface area contributed by atoms with Crippen molar-refractivity contribution in [2.24, 2.45) is 5.92 Å². The van der Waals surface area contributed by atoms with Crippen LogP contribution in [0.3, 0.4) is 0 Å². The summed E-state index contributed by atoms with van der Waals surface area (Å²) in [7, 11) is 3.70. The molecular formula is C16H23ClN2O2. The van der Waals surface area contributed by atoms with Crippen molar-refractivity contribution in [3.05, 3.63) is 28.8 Å². The summed E-state index contributed by atoms with van der Waals surface area (Å²) in [4.78, 5) is 14.6. The fourth-order valence-electron chi connectivity index (χ4n) is 2.85. The highest BCUT2D eigenvalue weighted by atomic mass is 35.5. The summed E-state index contributed by atoms with van der Waals surface area (Å²) in [6.45, 7) is 3.01. The van der Waals surface area contributed by atoms with Gasteiger partial charge in [0.1, 0.15) is 5.75 Å². The Hall–Kier alpha value is -1.26. The number of benzene rings is 1. The number of hydrogen-bond acceptors (Lipinski definition) is 3. The first-order valence-electron chi connectivity index (χ1n) is 7.40. The minimum absolute atomic E-state index is 0.104. The molecule has 2 rings (SSSR count). The molecule has 1 aromatic carbocycles. The number of nitrogens with zero attached hydrogens (tertiary/aromatic N) is 1. The van der Waals surface area contributed by atoms with Crippen LogP contribution in [0, 0.1) is 5.92 Å². The lowest BCUT2D eigenvalue weighted by Crippen LogP contribution is -2.34. The Morgan fingerprint density at radius 3 is 3.05 bits per heavy atom. The number of piperidine rings is 1. The second-order valence-electron chi connectivity index (χ2n) is 5.66. The van der Waals surface area contributed by atoms with Crippen LogP contribution in [0.5, 0.6) is 5.75 Å². The van der Waals surface area contributed by atoms with Gasteiger partial charge in [-0.1, -0.05) is 11.6 Å². The summed E-state index contributed by atoms with van der Waals surface area (Å²) in [5, 5.41) is 3.54. The fraction of sp³-hybridized carbons (Fsp3) is 0.562. The molecule has 1 saturated heterocycles. The van der Waals surface area contributed by atoms with Crippen LogP contribution in [0.1, 0.15) is 29.6 Å². The van der Waals surface area contributed by atoms with Gasteiger partial charge in [-0.3, -0.25) is 4.79 Å². The fourth-order valence-corrected chi connectivity index (χ4v) is 3.01. The molecule has 0 bridgehead atoms. The highest BCUT2D eigenvalue weighted by molar-refractivity contribution is 6.30. The van der Waals surface area contributed by atoms with E-state index < -0.39 is 0 Å². The van der Waals surface area contributed by atoms with Crippen molar-refractivity contribution >= 4 is 17.5 Å². The number of rotatable bonds is 5. The SMILES string of the molecule is COc1cc(Cl)ccc1C(=O)NCC[C@H]1CCCN(C)C1. The first kappa shape index (κ1) is 16.1. The maximum atomic E-state index is 12.2. The topological polar surface area (TPSA) is 41.6 Å². The van der Waals surface area contributed by atoms with E-state index in [0.29, 0.717) is 28.8 Å². The molecule has 1 heterocycles. The van der Waals surface area contributed by atoms with E-state index in [0.717, 1.165) is 13.0 Å². The van der Waals surface area contributed by atoms with Crippen molar-refractivity contribution in [3.8, 4) is 5.75 Å². The van der Waals surface area contributed by atoms with Crippen molar-refractivity contribution in [1.82, 2.24) is 10.2 Å². The number of hydrogen-bond donors (Lipinski definition) is 1. The normalized spacial score (nSPS) is 19.3. The van der Waals surface area contributed by atoms with Crippen LogP contribution >= 0.6 is 11.6 Å². The van der Waals surface area contributed by atoms with E-state index in [1.807, 2.05) is 0 Å². The number of ether oxygens (including phenoxy) is 1. The molecule has 1 N–H and O–H groups in total. The van der Waals surface area contributed by atoms with Gasteiger partial charge in [0, 0.05) is 18.1 Å². The average molecular weight is 311 g/mol. The van der Waals surface area contributed by atoms with Crippen LogP contribution in [-0.2, 0) is 0 Å². The summed E-state index contributed by atoms with van der Waals surface area (Å²) < 4.78 is 5.21. The molecule has 116 valence electrons. The summed E-state index contributed by atoms with van der Waals surface area (Å²) in [5.41, 5.74) is 0.530. The largest absolute Gasteiger partial charge is 0.496 e. The van der Waals surface area contributed by atoms with Gasteiger partial charge in [0.15, 0.2) is 0 Å². The van der Waals surface area contributed by atoms with Crippen LogP contribution < -0.4 is 10.1 Å². The summed E-state index contributed by atoms with van der Waals surface area (Å²) >= 11 is 5.90. The Labute approximate surface area is 131 Å². The van der Waals surface area contributed by atoms with Crippen molar-refractivity contribution in [1.29, 1.82) is 0 Å². The third-order valence-electron chi connectivity index (χ3n) is 3.97. The molecule has 0 saturated carbocycles. The van der Waals surface area contributed by atoms with E-state index in [1.54, 1.807) is 25.3 Å². The molecule has 4 nitrogen and oxygen atoms in total. The van der Waals surface area contributed by atoms with Crippen LogP contribution in [-0.4, -0.2) is 44.6 Å². The van der Waals surface area contributed by atoms with E-state index in [1.165, 1.54) is 19.4 Å². The van der Waals surface area contributed by atoms with Crippen molar-refractivity contribution in [3.63, 3.8) is 0 Å². The van der Waals surface area contributed by atoms with E-state index in [9.17, 15) is 4.79 Å². The zero-order valence-electron chi connectivity index (χ0n) is 12.7. The van der Waals surface area contributed by atoms with Crippen molar-refractivity contribution in [2.75, 3.05) is 33.8 Å². The Balaban J connectivity index is 1.84. The minimum atomic E-state index is -0.104. The maximum absolute atomic E-state index is 12.2. The van der Waals surface area contributed by atoms with E-state index in [2.05, 4.69) is 17.3 Å². The van der Waals surface area contributed by atoms with Gasteiger partial charge in [0.2, 0.25) is 0 Å². The standard InChI is InChI=1S/C16H23ClN2O2/c1-19-9-3-4-12(11-19)7-8-18-16(20)14-6-5-13(17)10-15(14)21-2/h5-6,10,12H,3-4,7-9,11H2,1-2H3,(H,18,20)/t12-/m1/s1. The monoisotopic (exact) mass is 310 g/mol. The van der Waals surface area contributed by atoms with Gasteiger partial charge in [-0.05, 0) is 57.0 Å². The third-order valence-corrected chi connectivity index (χ3v) is 4.20. The molecule has 1 atom stereocenters. The second kappa shape index (κ2) is 7.66. The Morgan fingerprint density at radius 1 is 1.52 bits per heavy atom. The van der Waals surface area contributed by atoms with Crippen LogP contribution in [0.2, 0.25) is 5.02 Å². The van der Waals surface area contributed by atoms with Gasteiger partial charge in [-0.15, -0.1) is 0 Å². The predicted molar refractivity (Wildman–Crippen MR) is 85.2 cm³/mol. The molecule has 5 heteroatoms. The van der Waals surface area contributed by atoms with Crippen molar-refractivity contribution in [2.45, 2.75) is 19.3 Å². The quantitative estimate of drug-likeness (QED) is 0.909. The second-order valence-corrected chi connectivity index (χ2v) is 6.10. The van der Waals surface area contributed by atoms with E-state index in [-0.39, 0.29) is 5.91 Å². The highest BCUT2D eigenvalue weighted by Crippen LogP contribution is 2.23. The molecule has 1 aromatic rings. The molecular weight excluding hydrogens is 288 g/mol. The lowest BCUT2D eigenvalue weighted by atomic mass is 9.95. The summed E-state index contributed by atoms with van der Waals surface area (Å²) in [6.07, 6.45) is 3.52. The maximum Gasteiger partial charge on any atom is 0.255 e. The molecule has 0 radical (unpaired) electrons. The number of nitrogens with one attached hydrogen (secondary N) is 1. The zero-order valence-corrected chi connectivity index (χ0v) is 13.4. The lowest BCUT2D eigenvalue weighted by Gasteiger charge is -2.29. The highest BCUT2D eigenvalue weighted by Gasteiger charge is 2.18. The lowest BCUT2D eigenvalue weighted by molar-refractivity contribution is 0.0945. The first-order valence-corrected chi connectivity index (χ1v) is 7.78.